The molecule has 0 unspecified atom stereocenters. The summed E-state index contributed by atoms with van der Waals surface area (Å²) in [5, 5.41) is 3.97. The maximum absolute atomic E-state index is 13.6. The van der Waals surface area contributed by atoms with Crippen LogP contribution in [0.2, 0.25) is 0 Å². The molecule has 0 heterocycles. The number of ether oxygens (including phenoxy) is 2. The van der Waals surface area contributed by atoms with Crippen LogP contribution in [0.15, 0.2) is 89.4 Å². The number of nitrogens with one attached hydrogen (secondary N) is 1. The van der Waals surface area contributed by atoms with Crippen molar-refractivity contribution in [2.45, 2.75) is 18.7 Å². The maximum atomic E-state index is 13.6. The molecule has 1 N–H and O–H groups in total. The summed E-state index contributed by atoms with van der Waals surface area (Å²) in [5.41, 5.74) is 5.12. The first-order valence-corrected chi connectivity index (χ1v) is 12.6. The fraction of sp³-hybridized carbons (Fsp3) is 0.185. The number of hydrazone groups is 1. The summed E-state index contributed by atoms with van der Waals surface area (Å²) in [4.78, 5) is 12.9. The summed E-state index contributed by atoms with van der Waals surface area (Å²) in [6, 6.07) is 18.7. The third-order valence-corrected chi connectivity index (χ3v) is 6.92. The number of anilines is 1. The fourth-order valence-electron chi connectivity index (χ4n) is 3.28. The van der Waals surface area contributed by atoms with Crippen LogP contribution >= 0.6 is 0 Å². The molecule has 0 aliphatic rings. The number of benzene rings is 3. The van der Waals surface area contributed by atoms with Crippen LogP contribution in [-0.4, -0.2) is 40.8 Å². The van der Waals surface area contributed by atoms with Crippen molar-refractivity contribution in [3.8, 4) is 11.5 Å². The molecule has 0 radical (unpaired) electrons. The van der Waals surface area contributed by atoms with Crippen molar-refractivity contribution in [2.75, 3.05) is 24.6 Å². The number of hydrogen-bond acceptors (Lipinski definition) is 6. The minimum absolute atomic E-state index is 0.0618. The van der Waals surface area contributed by atoms with Gasteiger partial charge in [-0.05, 0) is 73.5 Å². The van der Waals surface area contributed by atoms with Crippen LogP contribution in [0.3, 0.4) is 0 Å². The van der Waals surface area contributed by atoms with E-state index < -0.39 is 22.5 Å². The van der Waals surface area contributed by atoms with E-state index in [-0.39, 0.29) is 10.6 Å². The van der Waals surface area contributed by atoms with Gasteiger partial charge < -0.3 is 9.47 Å². The van der Waals surface area contributed by atoms with Crippen LogP contribution in [0.1, 0.15) is 16.7 Å². The highest BCUT2D eigenvalue weighted by atomic mass is 32.2. The van der Waals surface area contributed by atoms with Gasteiger partial charge in [0.15, 0.2) is 0 Å². The van der Waals surface area contributed by atoms with Crippen molar-refractivity contribution < 1.29 is 22.7 Å². The molecule has 0 aromatic heterocycles. The summed E-state index contributed by atoms with van der Waals surface area (Å²) < 4.78 is 39.1. The number of aryl methyl sites for hydroxylation is 2. The Morgan fingerprint density at radius 2 is 1.69 bits per heavy atom. The molecule has 0 bridgehead atoms. The molecule has 36 heavy (non-hydrogen) atoms. The van der Waals surface area contributed by atoms with E-state index in [9.17, 15) is 13.2 Å². The Kier molecular flexibility index (Phi) is 8.86. The average Bonchev–Trinajstić information content (AvgIpc) is 2.87. The molecule has 3 aromatic rings. The van der Waals surface area contributed by atoms with Crippen LogP contribution in [0.5, 0.6) is 11.5 Å². The summed E-state index contributed by atoms with van der Waals surface area (Å²) in [5.74, 6) is 0.392. The van der Waals surface area contributed by atoms with Crippen LogP contribution in [0, 0.1) is 13.8 Å². The Morgan fingerprint density at radius 3 is 2.33 bits per heavy atom. The van der Waals surface area contributed by atoms with E-state index in [0.717, 1.165) is 21.0 Å². The molecule has 3 aromatic carbocycles. The number of nitrogens with zero attached hydrogens (tertiary/aromatic N) is 2. The first-order chi connectivity index (χ1) is 17.2. The van der Waals surface area contributed by atoms with Crippen LogP contribution in [0.25, 0.3) is 0 Å². The second-order valence-electron chi connectivity index (χ2n) is 7.96. The van der Waals surface area contributed by atoms with Gasteiger partial charge in [0.05, 0.1) is 23.9 Å². The van der Waals surface area contributed by atoms with Gasteiger partial charge in [0.2, 0.25) is 0 Å². The zero-order valence-electron chi connectivity index (χ0n) is 20.5. The summed E-state index contributed by atoms with van der Waals surface area (Å²) in [7, 11) is -2.64. The molecule has 8 nitrogen and oxygen atoms in total. The first-order valence-electron chi connectivity index (χ1n) is 11.1. The van der Waals surface area contributed by atoms with Crippen molar-refractivity contribution in [2.24, 2.45) is 5.10 Å². The number of carbonyl (C=O) groups is 1. The van der Waals surface area contributed by atoms with Crippen LogP contribution < -0.4 is 19.2 Å². The lowest BCUT2D eigenvalue weighted by atomic mass is 10.2. The highest BCUT2D eigenvalue weighted by Gasteiger charge is 2.29. The lowest BCUT2D eigenvalue weighted by molar-refractivity contribution is -0.119. The Hall–Kier alpha value is -4.11. The maximum Gasteiger partial charge on any atom is 0.264 e. The first kappa shape index (κ1) is 26.5. The van der Waals surface area contributed by atoms with Gasteiger partial charge in [0, 0.05) is 0 Å². The van der Waals surface area contributed by atoms with Crippen molar-refractivity contribution in [1.29, 1.82) is 0 Å². The topological polar surface area (TPSA) is 97.3 Å². The van der Waals surface area contributed by atoms with E-state index >= 15 is 0 Å². The predicted octanol–water partition coefficient (Wildman–Crippen LogP) is 4.22. The molecule has 188 valence electrons. The molecule has 0 aliphatic heterocycles. The summed E-state index contributed by atoms with van der Waals surface area (Å²) >= 11 is 0. The van der Waals surface area contributed by atoms with E-state index in [1.807, 2.05) is 13.8 Å². The molecule has 0 saturated heterocycles. The lowest BCUT2D eigenvalue weighted by Crippen LogP contribution is -2.39. The smallest absolute Gasteiger partial charge is 0.264 e. The van der Waals surface area contributed by atoms with Gasteiger partial charge in [0.25, 0.3) is 15.9 Å². The highest BCUT2D eigenvalue weighted by molar-refractivity contribution is 7.92. The number of amides is 1. The molecule has 1 amide bonds. The normalized spacial score (nSPS) is 11.2. The molecule has 0 saturated carbocycles. The number of rotatable bonds is 11. The molecule has 0 fully saturated rings. The van der Waals surface area contributed by atoms with Crippen molar-refractivity contribution >= 4 is 27.8 Å². The van der Waals surface area contributed by atoms with Gasteiger partial charge in [-0.1, -0.05) is 36.4 Å². The quantitative estimate of drug-likeness (QED) is 0.238. The van der Waals surface area contributed by atoms with E-state index in [0.29, 0.717) is 18.1 Å². The van der Waals surface area contributed by atoms with Crippen LogP contribution in [-0.2, 0) is 14.8 Å². The van der Waals surface area contributed by atoms with E-state index in [4.69, 9.17) is 9.47 Å². The predicted molar refractivity (Wildman–Crippen MR) is 141 cm³/mol. The lowest BCUT2D eigenvalue weighted by Gasteiger charge is -2.25. The van der Waals surface area contributed by atoms with Crippen molar-refractivity contribution in [1.82, 2.24) is 5.43 Å². The average molecular weight is 508 g/mol. The second kappa shape index (κ2) is 12.0. The summed E-state index contributed by atoms with van der Waals surface area (Å²) in [6.45, 7) is 7.20. The fourth-order valence-corrected chi connectivity index (χ4v) is 4.71. The second-order valence-corrected chi connectivity index (χ2v) is 9.82. The zero-order chi connectivity index (χ0) is 26.1. The van der Waals surface area contributed by atoms with E-state index in [1.165, 1.54) is 25.5 Å². The molecule has 9 heteroatoms. The van der Waals surface area contributed by atoms with Crippen LogP contribution in [0.4, 0.5) is 5.69 Å². The molecule has 0 spiro atoms. The third-order valence-electron chi connectivity index (χ3n) is 5.15. The van der Waals surface area contributed by atoms with Gasteiger partial charge in [-0.25, -0.2) is 13.8 Å². The third kappa shape index (κ3) is 6.73. The molecule has 0 atom stereocenters. The van der Waals surface area contributed by atoms with Gasteiger partial charge in [-0.3, -0.25) is 9.10 Å². The molecule has 3 rings (SSSR count). The van der Waals surface area contributed by atoms with Crippen molar-refractivity contribution in [3.05, 3.63) is 96.1 Å². The Bertz CT molecular complexity index is 1330. The van der Waals surface area contributed by atoms with Gasteiger partial charge in [0.1, 0.15) is 24.7 Å². The minimum atomic E-state index is -4.09. The number of methoxy groups -OCH3 is 1. The van der Waals surface area contributed by atoms with Gasteiger partial charge >= 0.3 is 0 Å². The van der Waals surface area contributed by atoms with Gasteiger partial charge in [-0.2, -0.15) is 5.10 Å². The molecule has 0 aliphatic carbocycles. The van der Waals surface area contributed by atoms with Gasteiger partial charge in [-0.15, -0.1) is 0 Å². The minimum Gasteiger partial charge on any atom is -0.495 e. The number of hydrogen-bond donors (Lipinski definition) is 1. The monoisotopic (exact) mass is 507 g/mol. The van der Waals surface area contributed by atoms with Crippen molar-refractivity contribution in [3.63, 3.8) is 0 Å². The Labute approximate surface area is 211 Å². The standard InChI is InChI=1S/C27H29N3O5S/c1-5-16-35-23-11-9-22(10-12-23)18-28-29-27(31)19-30(25-17-21(3)8-15-26(25)34-4)36(32,33)24-13-6-20(2)7-14-24/h5-15,17-18H,1,16,19H2,2-4H3,(H,29,31)/b28-18-. The Morgan fingerprint density at radius 1 is 1.03 bits per heavy atom. The highest BCUT2D eigenvalue weighted by Crippen LogP contribution is 2.33. The Balaban J connectivity index is 1.83. The zero-order valence-corrected chi connectivity index (χ0v) is 21.3. The number of carbonyl (C=O) groups excluding carboxylic acids is 1. The van der Waals surface area contributed by atoms with E-state index in [1.54, 1.807) is 60.7 Å². The molecular weight excluding hydrogens is 478 g/mol. The SMILES string of the molecule is C=CCOc1ccc(/C=N\NC(=O)CN(c2cc(C)ccc2OC)S(=O)(=O)c2ccc(C)cc2)cc1. The number of sulfonamides is 1. The largest absolute Gasteiger partial charge is 0.495 e. The molecular formula is C27H29N3O5S. The summed E-state index contributed by atoms with van der Waals surface area (Å²) in [6.07, 6.45) is 3.11. The van der Waals surface area contributed by atoms with E-state index in [2.05, 4.69) is 17.1 Å².